The Kier molecular flexibility index (Phi) is 8.18. The lowest BCUT2D eigenvalue weighted by molar-refractivity contribution is 0.768. The van der Waals surface area contributed by atoms with Crippen molar-refractivity contribution in [3.8, 4) is 44.5 Å². The monoisotopic (exact) mass is 849 g/mol. The highest BCUT2D eigenvalue weighted by Gasteiger charge is 2.52. The number of anilines is 3. The van der Waals surface area contributed by atoms with Crippen LogP contribution in [0.5, 0.6) is 0 Å². The molecular weight excluding hydrogens is 807 g/mol. The third-order valence-corrected chi connectivity index (χ3v) is 15.1. The summed E-state index contributed by atoms with van der Waals surface area (Å²) >= 11 is 0. The van der Waals surface area contributed by atoms with E-state index >= 15 is 0 Å². The van der Waals surface area contributed by atoms with Crippen LogP contribution in [0, 0.1) is 0 Å². The predicted octanol–water partition coefficient (Wildman–Crippen LogP) is 16.7. The molecule has 0 N–H and O–H groups in total. The smallest absolute Gasteiger partial charge is 0.0726 e. The molecule has 11 aromatic rings. The summed E-state index contributed by atoms with van der Waals surface area (Å²) in [4.78, 5) is 2.50. The fraction of sp³-hybridized carbons (Fsp3) is 0.0303. The Morgan fingerprint density at radius 2 is 0.597 bits per heavy atom. The average Bonchev–Trinajstić information content (AvgIpc) is 3.99. The van der Waals surface area contributed by atoms with Crippen molar-refractivity contribution in [2.75, 3.05) is 4.90 Å². The van der Waals surface area contributed by atoms with Crippen LogP contribution in [-0.4, -0.2) is 0 Å². The number of rotatable bonds is 6. The van der Waals surface area contributed by atoms with Gasteiger partial charge in [-0.15, -0.1) is 0 Å². The van der Waals surface area contributed by atoms with E-state index in [4.69, 9.17) is 0 Å². The van der Waals surface area contributed by atoms with Gasteiger partial charge in [0.1, 0.15) is 0 Å². The van der Waals surface area contributed by atoms with Gasteiger partial charge in [-0.25, -0.2) is 0 Å². The van der Waals surface area contributed by atoms with Gasteiger partial charge < -0.3 is 4.90 Å². The van der Waals surface area contributed by atoms with Crippen LogP contribution in [0.3, 0.4) is 0 Å². The first-order valence-corrected chi connectivity index (χ1v) is 23.4. The molecule has 67 heavy (non-hydrogen) atoms. The second kappa shape index (κ2) is 14.5. The zero-order valence-electron chi connectivity index (χ0n) is 36.8. The molecule has 0 bridgehead atoms. The molecule has 0 atom stereocenters. The van der Waals surface area contributed by atoms with Crippen molar-refractivity contribution in [1.82, 2.24) is 0 Å². The molecule has 0 unspecified atom stereocenters. The number of hydrogen-bond donors (Lipinski definition) is 0. The highest BCUT2D eigenvalue weighted by molar-refractivity contribution is 5.97. The summed E-state index contributed by atoms with van der Waals surface area (Å²) in [6.45, 7) is 0. The lowest BCUT2D eigenvalue weighted by Gasteiger charge is -2.35. The van der Waals surface area contributed by atoms with Crippen molar-refractivity contribution in [2.45, 2.75) is 10.8 Å². The largest absolute Gasteiger partial charge is 0.310 e. The Morgan fingerprint density at radius 3 is 1.10 bits per heavy atom. The van der Waals surface area contributed by atoms with Gasteiger partial charge in [-0.3, -0.25) is 0 Å². The van der Waals surface area contributed by atoms with E-state index in [1.54, 1.807) is 0 Å². The van der Waals surface area contributed by atoms with Crippen LogP contribution in [0.4, 0.5) is 17.1 Å². The SMILES string of the molecule is c1ccc(C2(c3ccccc3)c3ccccc3-c3ccc(N(c4ccc(-c5ccc6ccccc6c5)cc4)c4ccc5c(c4)C4(c6ccccc6-c6ccccc64)c4ccccc4-5)cc32)cc1. The fourth-order valence-electron chi connectivity index (χ4n) is 12.4. The Hall–Kier alpha value is -8.52. The molecule has 0 radical (unpaired) electrons. The highest BCUT2D eigenvalue weighted by Crippen LogP contribution is 2.64. The summed E-state index contributed by atoms with van der Waals surface area (Å²) < 4.78 is 0. The van der Waals surface area contributed by atoms with Crippen LogP contribution < -0.4 is 4.90 Å². The molecule has 0 aliphatic heterocycles. The maximum atomic E-state index is 2.51. The number of fused-ring (bicyclic) bond motifs is 14. The maximum Gasteiger partial charge on any atom is 0.0726 e. The van der Waals surface area contributed by atoms with Crippen molar-refractivity contribution in [1.29, 1.82) is 0 Å². The molecule has 0 saturated heterocycles. The molecule has 0 amide bonds. The van der Waals surface area contributed by atoms with Gasteiger partial charge in [0, 0.05) is 17.1 Å². The van der Waals surface area contributed by atoms with Crippen molar-refractivity contribution >= 4 is 27.8 Å². The van der Waals surface area contributed by atoms with Crippen molar-refractivity contribution < 1.29 is 0 Å². The van der Waals surface area contributed by atoms with Gasteiger partial charge in [-0.1, -0.05) is 218 Å². The van der Waals surface area contributed by atoms with E-state index < -0.39 is 10.8 Å². The molecule has 3 aliphatic rings. The molecule has 0 heterocycles. The number of nitrogens with zero attached hydrogens (tertiary/aromatic N) is 1. The fourth-order valence-corrected chi connectivity index (χ4v) is 12.4. The van der Waals surface area contributed by atoms with Crippen LogP contribution in [0.15, 0.2) is 261 Å². The molecule has 1 nitrogen and oxygen atoms in total. The molecule has 0 fully saturated rings. The van der Waals surface area contributed by atoms with Crippen LogP contribution in [0.1, 0.15) is 44.5 Å². The molecule has 312 valence electrons. The van der Waals surface area contributed by atoms with Gasteiger partial charge in [0.15, 0.2) is 0 Å². The minimum absolute atomic E-state index is 0.462. The van der Waals surface area contributed by atoms with E-state index in [0.29, 0.717) is 0 Å². The summed E-state index contributed by atoms with van der Waals surface area (Å²) in [7, 11) is 0. The second-order valence-corrected chi connectivity index (χ2v) is 18.3. The van der Waals surface area contributed by atoms with Gasteiger partial charge in [0.05, 0.1) is 10.8 Å². The summed E-state index contributed by atoms with van der Waals surface area (Å²) in [5, 5.41) is 2.49. The molecule has 11 aromatic carbocycles. The Balaban J connectivity index is 1.02. The van der Waals surface area contributed by atoms with Crippen LogP contribution in [-0.2, 0) is 10.8 Å². The Morgan fingerprint density at radius 1 is 0.224 bits per heavy atom. The standard InChI is InChI=1S/C66H43N/c1-3-19-48(20-4-1)65(49-21-5-2-6-22-49)59-27-13-9-25-55(59)57-39-37-51(42-63(57)65)67(50-35-33-45(34-36-50)47-32-31-44-17-7-8-18-46(44)41-47)52-38-40-58-56-26-12-16-30-62(56)66(64(58)43-52)60-28-14-10-23-53(60)54-24-11-15-29-61(54)66/h1-43H. The zero-order chi connectivity index (χ0) is 44.1. The molecular formula is C66H43N. The topological polar surface area (TPSA) is 3.24 Å². The van der Waals surface area contributed by atoms with E-state index in [1.807, 2.05) is 0 Å². The maximum absolute atomic E-state index is 2.51. The first kappa shape index (κ1) is 37.8. The lowest BCUT2D eigenvalue weighted by Crippen LogP contribution is -2.28. The lowest BCUT2D eigenvalue weighted by atomic mass is 9.67. The van der Waals surface area contributed by atoms with E-state index in [2.05, 4.69) is 266 Å². The quantitative estimate of drug-likeness (QED) is 0.161. The normalized spacial score (nSPS) is 13.9. The zero-order valence-corrected chi connectivity index (χ0v) is 36.8. The minimum Gasteiger partial charge on any atom is -0.310 e. The first-order valence-electron chi connectivity index (χ1n) is 23.4. The van der Waals surface area contributed by atoms with Crippen LogP contribution >= 0.6 is 0 Å². The Bertz CT molecular complexity index is 3540. The second-order valence-electron chi connectivity index (χ2n) is 18.3. The van der Waals surface area contributed by atoms with Gasteiger partial charge in [-0.05, 0) is 142 Å². The van der Waals surface area contributed by atoms with Crippen molar-refractivity contribution in [3.05, 3.63) is 305 Å². The predicted molar refractivity (Wildman–Crippen MR) is 278 cm³/mol. The first-order chi connectivity index (χ1) is 33.2. The van der Waals surface area contributed by atoms with Crippen LogP contribution in [0.25, 0.3) is 55.3 Å². The summed E-state index contributed by atoms with van der Waals surface area (Å²) in [6, 6.07) is 97.6. The van der Waals surface area contributed by atoms with E-state index in [-0.39, 0.29) is 0 Å². The average molecular weight is 850 g/mol. The molecule has 0 saturated carbocycles. The van der Waals surface area contributed by atoms with Crippen molar-refractivity contribution in [2.24, 2.45) is 0 Å². The third kappa shape index (κ3) is 5.26. The van der Waals surface area contributed by atoms with Gasteiger partial charge >= 0.3 is 0 Å². The summed E-state index contributed by atoms with van der Waals surface area (Å²) in [6.07, 6.45) is 0. The highest BCUT2D eigenvalue weighted by atomic mass is 15.1. The summed E-state index contributed by atoms with van der Waals surface area (Å²) in [5.41, 5.74) is 22.9. The summed E-state index contributed by atoms with van der Waals surface area (Å²) in [5.74, 6) is 0. The number of hydrogen-bond acceptors (Lipinski definition) is 1. The molecule has 1 heteroatoms. The molecule has 14 rings (SSSR count). The third-order valence-electron chi connectivity index (χ3n) is 15.1. The van der Waals surface area contributed by atoms with Gasteiger partial charge in [-0.2, -0.15) is 0 Å². The minimum atomic E-state index is -0.531. The van der Waals surface area contributed by atoms with E-state index in [0.717, 1.165) is 17.1 Å². The van der Waals surface area contributed by atoms with Crippen LogP contribution in [0.2, 0.25) is 0 Å². The van der Waals surface area contributed by atoms with Crippen molar-refractivity contribution in [3.63, 3.8) is 0 Å². The van der Waals surface area contributed by atoms with Gasteiger partial charge in [0.25, 0.3) is 0 Å². The molecule has 1 spiro atoms. The van der Waals surface area contributed by atoms with E-state index in [9.17, 15) is 0 Å². The van der Waals surface area contributed by atoms with E-state index in [1.165, 1.54) is 99.8 Å². The number of benzene rings is 11. The molecule has 0 aromatic heterocycles. The Labute approximate surface area is 391 Å². The van der Waals surface area contributed by atoms with Gasteiger partial charge in [0.2, 0.25) is 0 Å². The molecule has 3 aliphatic carbocycles.